The zero-order chi connectivity index (χ0) is 13.9. The minimum atomic E-state index is -4.28. The smallest absolute Gasteiger partial charge is 0.370 e. The maximum Gasteiger partial charge on any atom is 0.396 e. The van der Waals surface area contributed by atoms with E-state index in [-0.39, 0.29) is 11.7 Å². The van der Waals surface area contributed by atoms with Crippen molar-refractivity contribution < 1.29 is 13.2 Å². The summed E-state index contributed by atoms with van der Waals surface area (Å²) < 4.78 is 37.0. The van der Waals surface area contributed by atoms with Crippen LogP contribution in [0.25, 0.3) is 0 Å². The van der Waals surface area contributed by atoms with Crippen LogP contribution in [0.3, 0.4) is 0 Å². The molecule has 0 saturated carbocycles. The molecular formula is C12H18F3N3. The molecule has 18 heavy (non-hydrogen) atoms. The number of hydrogen-bond acceptors (Lipinski definition) is 3. The monoisotopic (exact) mass is 261 g/mol. The van der Waals surface area contributed by atoms with Crippen molar-refractivity contribution in [1.82, 2.24) is 9.97 Å². The van der Waals surface area contributed by atoms with Crippen LogP contribution in [0.1, 0.15) is 43.8 Å². The number of nitrogens with one attached hydrogen (secondary N) is 1. The van der Waals surface area contributed by atoms with Crippen molar-refractivity contribution in [1.29, 1.82) is 0 Å². The largest absolute Gasteiger partial charge is 0.396 e. The number of anilines is 1. The first-order chi connectivity index (χ1) is 8.24. The van der Waals surface area contributed by atoms with Gasteiger partial charge in [-0.3, -0.25) is 0 Å². The van der Waals surface area contributed by atoms with Crippen LogP contribution in [0.15, 0.2) is 0 Å². The maximum atomic E-state index is 12.3. The molecule has 1 N–H and O–H groups in total. The van der Waals surface area contributed by atoms with Gasteiger partial charge in [0, 0.05) is 17.8 Å². The highest BCUT2D eigenvalue weighted by Gasteiger charge is 2.30. The Morgan fingerprint density at radius 3 is 2.28 bits per heavy atom. The number of hydrogen-bond donors (Lipinski definition) is 1. The highest BCUT2D eigenvalue weighted by atomic mass is 19.4. The molecule has 3 nitrogen and oxygen atoms in total. The molecular weight excluding hydrogens is 243 g/mol. The summed E-state index contributed by atoms with van der Waals surface area (Å²) in [6, 6.07) is 0. The number of halogens is 3. The van der Waals surface area contributed by atoms with Gasteiger partial charge in [0.15, 0.2) is 0 Å². The summed E-state index contributed by atoms with van der Waals surface area (Å²) in [5, 5.41) is 3.01. The Morgan fingerprint density at radius 1 is 1.22 bits per heavy atom. The van der Waals surface area contributed by atoms with E-state index >= 15 is 0 Å². The Hall–Kier alpha value is -1.33. The van der Waals surface area contributed by atoms with Crippen LogP contribution in [0.4, 0.5) is 19.0 Å². The second kappa shape index (κ2) is 5.54. The molecule has 0 spiro atoms. The summed E-state index contributed by atoms with van der Waals surface area (Å²) in [6.07, 6.45) is -5.38. The quantitative estimate of drug-likeness (QED) is 0.902. The van der Waals surface area contributed by atoms with E-state index in [1.165, 1.54) is 0 Å². The Labute approximate surface area is 105 Å². The second-order valence-corrected chi connectivity index (χ2v) is 4.46. The number of aromatic nitrogens is 2. The van der Waals surface area contributed by atoms with Crippen molar-refractivity contribution in [3.63, 3.8) is 0 Å². The first kappa shape index (κ1) is 14.7. The molecule has 0 saturated heterocycles. The minimum absolute atomic E-state index is 0.166. The highest BCUT2D eigenvalue weighted by Crippen LogP contribution is 2.27. The van der Waals surface area contributed by atoms with Crippen LogP contribution in [0.2, 0.25) is 0 Å². The lowest BCUT2D eigenvalue weighted by Crippen LogP contribution is -2.17. The summed E-state index contributed by atoms with van der Waals surface area (Å²) in [5.41, 5.74) is 1.48. The maximum absolute atomic E-state index is 12.3. The average Bonchev–Trinajstić information content (AvgIpc) is 2.13. The van der Waals surface area contributed by atoms with Crippen LogP contribution in [0.5, 0.6) is 0 Å². The first-order valence-electron chi connectivity index (χ1n) is 5.92. The third kappa shape index (κ3) is 3.85. The molecule has 1 aromatic heterocycles. The molecule has 0 radical (unpaired) electrons. The zero-order valence-corrected chi connectivity index (χ0v) is 11.0. The van der Waals surface area contributed by atoms with Gasteiger partial charge in [-0.05, 0) is 19.8 Å². The van der Waals surface area contributed by atoms with Gasteiger partial charge in [0.2, 0.25) is 0 Å². The lowest BCUT2D eigenvalue weighted by Gasteiger charge is -2.17. The fourth-order valence-electron chi connectivity index (χ4n) is 1.89. The lowest BCUT2D eigenvalue weighted by atomic mass is 10.0. The van der Waals surface area contributed by atoms with Crippen molar-refractivity contribution in [2.24, 2.45) is 0 Å². The predicted molar refractivity (Wildman–Crippen MR) is 64.8 cm³/mol. The molecule has 0 atom stereocenters. The first-order valence-corrected chi connectivity index (χ1v) is 5.92. The van der Waals surface area contributed by atoms with Gasteiger partial charge in [-0.2, -0.15) is 13.2 Å². The minimum Gasteiger partial charge on any atom is -0.370 e. The van der Waals surface area contributed by atoms with Crippen LogP contribution in [-0.2, 0) is 6.42 Å². The Bertz CT molecular complexity index is 414. The molecule has 0 aliphatic carbocycles. The van der Waals surface area contributed by atoms with E-state index in [9.17, 15) is 13.2 Å². The summed E-state index contributed by atoms with van der Waals surface area (Å²) in [6.45, 7) is 8.15. The van der Waals surface area contributed by atoms with E-state index in [0.717, 1.165) is 5.56 Å². The van der Waals surface area contributed by atoms with Crippen molar-refractivity contribution in [3.05, 3.63) is 17.1 Å². The molecule has 1 heterocycles. The van der Waals surface area contributed by atoms with Crippen LogP contribution >= 0.6 is 0 Å². The van der Waals surface area contributed by atoms with Crippen LogP contribution < -0.4 is 5.32 Å². The van der Waals surface area contributed by atoms with Crippen molar-refractivity contribution in [2.45, 2.75) is 46.2 Å². The van der Waals surface area contributed by atoms with Gasteiger partial charge in [-0.25, -0.2) is 9.97 Å². The van der Waals surface area contributed by atoms with Crippen LogP contribution in [-0.4, -0.2) is 22.7 Å². The Morgan fingerprint density at radius 2 is 1.83 bits per heavy atom. The molecule has 0 aliphatic rings. The molecule has 102 valence electrons. The normalized spacial score (nSPS) is 12.0. The Balaban J connectivity index is 3.19. The second-order valence-electron chi connectivity index (χ2n) is 4.46. The lowest BCUT2D eigenvalue weighted by molar-refractivity contribution is -0.128. The van der Waals surface area contributed by atoms with E-state index in [1.807, 2.05) is 20.8 Å². The molecule has 1 rings (SSSR count). The van der Waals surface area contributed by atoms with E-state index < -0.39 is 12.6 Å². The SMILES string of the molecule is CCNc1nc(CC(F)(F)F)nc(C)c1C(C)C. The molecule has 0 aliphatic heterocycles. The topological polar surface area (TPSA) is 37.8 Å². The molecule has 6 heteroatoms. The van der Waals surface area contributed by atoms with Gasteiger partial charge in [-0.1, -0.05) is 13.8 Å². The third-order valence-electron chi connectivity index (χ3n) is 2.46. The molecule has 1 aromatic rings. The summed E-state index contributed by atoms with van der Waals surface area (Å²) in [4.78, 5) is 7.94. The van der Waals surface area contributed by atoms with Crippen molar-refractivity contribution >= 4 is 5.82 Å². The van der Waals surface area contributed by atoms with E-state index in [2.05, 4.69) is 15.3 Å². The molecule has 0 amide bonds. The van der Waals surface area contributed by atoms with Gasteiger partial charge in [0.25, 0.3) is 0 Å². The molecule has 0 aromatic carbocycles. The number of aryl methyl sites for hydroxylation is 1. The number of rotatable bonds is 4. The van der Waals surface area contributed by atoms with Crippen molar-refractivity contribution in [3.8, 4) is 0 Å². The average molecular weight is 261 g/mol. The zero-order valence-electron chi connectivity index (χ0n) is 11.0. The van der Waals surface area contributed by atoms with Gasteiger partial charge < -0.3 is 5.32 Å². The summed E-state index contributed by atoms with van der Waals surface area (Å²) >= 11 is 0. The highest BCUT2D eigenvalue weighted by molar-refractivity contribution is 5.48. The van der Waals surface area contributed by atoms with Gasteiger partial charge in [0.1, 0.15) is 18.1 Å². The summed E-state index contributed by atoms with van der Waals surface area (Å²) in [7, 11) is 0. The van der Waals surface area contributed by atoms with Gasteiger partial charge in [0.05, 0.1) is 0 Å². The van der Waals surface area contributed by atoms with Crippen LogP contribution in [0, 0.1) is 6.92 Å². The van der Waals surface area contributed by atoms with Crippen molar-refractivity contribution in [2.75, 3.05) is 11.9 Å². The number of nitrogens with zero attached hydrogens (tertiary/aromatic N) is 2. The summed E-state index contributed by atoms with van der Waals surface area (Å²) in [5.74, 6) is 0.499. The fraction of sp³-hybridized carbons (Fsp3) is 0.667. The molecule has 0 fully saturated rings. The number of alkyl halides is 3. The molecule has 0 unspecified atom stereocenters. The fourth-order valence-corrected chi connectivity index (χ4v) is 1.89. The van der Waals surface area contributed by atoms with E-state index in [0.29, 0.717) is 18.1 Å². The van der Waals surface area contributed by atoms with E-state index in [1.54, 1.807) is 6.92 Å². The van der Waals surface area contributed by atoms with Gasteiger partial charge in [-0.15, -0.1) is 0 Å². The van der Waals surface area contributed by atoms with Gasteiger partial charge >= 0.3 is 6.18 Å². The predicted octanol–water partition coefficient (Wildman–Crippen LogP) is 3.45. The standard InChI is InChI=1S/C12H18F3N3/c1-5-16-11-10(7(2)3)8(4)17-9(18-11)6-12(13,14)15/h7H,5-6H2,1-4H3,(H,16,17,18). The molecule has 0 bridgehead atoms. The third-order valence-corrected chi connectivity index (χ3v) is 2.46. The Kier molecular flexibility index (Phi) is 4.53. The van der Waals surface area contributed by atoms with E-state index in [4.69, 9.17) is 0 Å².